The third-order valence-corrected chi connectivity index (χ3v) is 3.30. The van der Waals surface area contributed by atoms with Crippen LogP contribution in [0, 0.1) is 17.5 Å². The smallest absolute Gasteiger partial charge is 0.129 e. The summed E-state index contributed by atoms with van der Waals surface area (Å²) in [6.07, 6.45) is -1.16. The Morgan fingerprint density at radius 2 is 1.62 bits per heavy atom. The van der Waals surface area contributed by atoms with E-state index in [9.17, 15) is 18.3 Å². The van der Waals surface area contributed by atoms with E-state index in [-0.39, 0.29) is 24.0 Å². The first-order chi connectivity index (χ1) is 9.97. The summed E-state index contributed by atoms with van der Waals surface area (Å²) in [6.45, 7) is 1.89. The number of halogens is 3. The highest BCUT2D eigenvalue weighted by atomic mass is 19.1. The van der Waals surface area contributed by atoms with Crippen molar-refractivity contribution in [1.82, 2.24) is 5.32 Å². The van der Waals surface area contributed by atoms with Gasteiger partial charge in [-0.15, -0.1) is 0 Å². The minimum absolute atomic E-state index is 0.0545. The van der Waals surface area contributed by atoms with Gasteiger partial charge in [0.25, 0.3) is 0 Å². The van der Waals surface area contributed by atoms with Crippen LogP contribution in [0.5, 0.6) is 0 Å². The molecular weight excluding hydrogens is 279 g/mol. The van der Waals surface area contributed by atoms with Crippen molar-refractivity contribution in [3.05, 3.63) is 71.0 Å². The molecule has 2 N–H and O–H groups in total. The van der Waals surface area contributed by atoms with Crippen molar-refractivity contribution >= 4 is 0 Å². The van der Waals surface area contributed by atoms with E-state index in [0.717, 1.165) is 23.8 Å². The molecule has 2 aromatic rings. The lowest BCUT2D eigenvalue weighted by Gasteiger charge is -2.18. The Morgan fingerprint density at radius 3 is 2.29 bits per heavy atom. The first-order valence-electron chi connectivity index (χ1n) is 6.59. The molecule has 2 atom stereocenters. The molecule has 0 radical (unpaired) electrons. The lowest BCUT2D eigenvalue weighted by molar-refractivity contribution is 0.166. The van der Waals surface area contributed by atoms with Gasteiger partial charge in [0.15, 0.2) is 0 Å². The van der Waals surface area contributed by atoms with E-state index < -0.39 is 17.7 Å². The van der Waals surface area contributed by atoms with Gasteiger partial charge >= 0.3 is 0 Å². The number of nitrogens with one attached hydrogen (secondary N) is 1. The van der Waals surface area contributed by atoms with Gasteiger partial charge in [0, 0.05) is 18.2 Å². The molecule has 0 fully saturated rings. The Hall–Kier alpha value is -1.85. The predicted octanol–water partition coefficient (Wildman–Crippen LogP) is 3.49. The molecule has 0 bridgehead atoms. The maximum atomic E-state index is 13.5. The zero-order valence-electron chi connectivity index (χ0n) is 11.5. The average molecular weight is 295 g/mol. The summed E-state index contributed by atoms with van der Waals surface area (Å²) in [6, 6.07) is 8.75. The standard InChI is InChI=1S/C16H16F3NO/c1-10(11-2-4-12(17)5-3-11)20-9-16(21)14-8-13(18)6-7-15(14)19/h2-8,10,16,20-21H,9H2,1H3/t10-,16?/m1/s1. The second kappa shape index (κ2) is 6.74. The maximum Gasteiger partial charge on any atom is 0.129 e. The van der Waals surface area contributed by atoms with E-state index in [4.69, 9.17) is 0 Å². The molecule has 0 amide bonds. The van der Waals surface area contributed by atoms with Crippen LogP contribution in [0.25, 0.3) is 0 Å². The van der Waals surface area contributed by atoms with Gasteiger partial charge in [0.2, 0.25) is 0 Å². The molecule has 0 spiro atoms. The molecule has 21 heavy (non-hydrogen) atoms. The zero-order chi connectivity index (χ0) is 15.4. The van der Waals surface area contributed by atoms with E-state index in [2.05, 4.69) is 5.32 Å². The Bertz CT molecular complexity index is 601. The fourth-order valence-electron chi connectivity index (χ4n) is 2.04. The normalized spacial score (nSPS) is 14.0. The van der Waals surface area contributed by atoms with E-state index in [1.165, 1.54) is 12.1 Å². The SMILES string of the molecule is C[C@@H](NCC(O)c1cc(F)ccc1F)c1ccc(F)cc1. The molecule has 0 saturated heterocycles. The molecule has 0 aliphatic rings. The molecule has 2 nitrogen and oxygen atoms in total. The van der Waals surface area contributed by atoms with Gasteiger partial charge in [-0.3, -0.25) is 0 Å². The topological polar surface area (TPSA) is 32.3 Å². The van der Waals surface area contributed by atoms with Gasteiger partial charge in [-0.1, -0.05) is 12.1 Å². The van der Waals surface area contributed by atoms with Crippen LogP contribution < -0.4 is 5.32 Å². The second-order valence-electron chi connectivity index (χ2n) is 4.86. The third-order valence-electron chi connectivity index (χ3n) is 3.30. The molecule has 1 unspecified atom stereocenters. The third kappa shape index (κ3) is 4.06. The molecule has 0 aliphatic carbocycles. The van der Waals surface area contributed by atoms with Crippen LogP contribution in [-0.4, -0.2) is 11.7 Å². The van der Waals surface area contributed by atoms with Crippen molar-refractivity contribution in [3.8, 4) is 0 Å². The monoisotopic (exact) mass is 295 g/mol. The average Bonchev–Trinajstić information content (AvgIpc) is 2.47. The van der Waals surface area contributed by atoms with Gasteiger partial charge in [-0.2, -0.15) is 0 Å². The van der Waals surface area contributed by atoms with Crippen molar-refractivity contribution in [2.24, 2.45) is 0 Å². The lowest BCUT2D eigenvalue weighted by Crippen LogP contribution is -2.25. The van der Waals surface area contributed by atoms with Crippen molar-refractivity contribution in [2.45, 2.75) is 19.1 Å². The minimum atomic E-state index is -1.16. The molecule has 0 heterocycles. The summed E-state index contributed by atoms with van der Waals surface area (Å²) in [5.74, 6) is -1.58. The molecule has 0 aliphatic heterocycles. The number of aliphatic hydroxyl groups is 1. The summed E-state index contributed by atoms with van der Waals surface area (Å²) in [5, 5.41) is 12.9. The second-order valence-corrected chi connectivity index (χ2v) is 4.86. The molecule has 112 valence electrons. The molecular formula is C16H16F3NO. The summed E-state index contributed by atoms with van der Waals surface area (Å²) < 4.78 is 39.4. The van der Waals surface area contributed by atoms with Crippen LogP contribution >= 0.6 is 0 Å². The Labute approximate surface area is 121 Å². The molecule has 2 aromatic carbocycles. The number of hydrogen-bond donors (Lipinski definition) is 2. The van der Waals surface area contributed by atoms with Crippen molar-refractivity contribution in [1.29, 1.82) is 0 Å². The Balaban J connectivity index is 1.98. The maximum absolute atomic E-state index is 13.5. The first-order valence-corrected chi connectivity index (χ1v) is 6.59. The van der Waals surface area contributed by atoms with E-state index in [1.54, 1.807) is 12.1 Å². The molecule has 2 rings (SSSR count). The Morgan fingerprint density at radius 1 is 1.00 bits per heavy atom. The highest BCUT2D eigenvalue weighted by molar-refractivity contribution is 5.22. The quantitative estimate of drug-likeness (QED) is 0.885. The van der Waals surface area contributed by atoms with Crippen LogP contribution in [0.4, 0.5) is 13.2 Å². The fraction of sp³-hybridized carbons (Fsp3) is 0.250. The molecule has 0 aromatic heterocycles. The number of hydrogen-bond acceptors (Lipinski definition) is 2. The van der Waals surface area contributed by atoms with Crippen LogP contribution in [0.1, 0.15) is 30.2 Å². The van der Waals surface area contributed by atoms with Crippen molar-refractivity contribution in [3.63, 3.8) is 0 Å². The summed E-state index contributed by atoms with van der Waals surface area (Å²) in [7, 11) is 0. The lowest BCUT2D eigenvalue weighted by atomic mass is 10.1. The van der Waals surface area contributed by atoms with Gasteiger partial charge in [-0.05, 0) is 42.8 Å². The minimum Gasteiger partial charge on any atom is -0.387 e. The molecule has 0 saturated carbocycles. The van der Waals surface area contributed by atoms with E-state index in [1.807, 2.05) is 6.92 Å². The highest BCUT2D eigenvalue weighted by Gasteiger charge is 2.15. The van der Waals surface area contributed by atoms with E-state index in [0.29, 0.717) is 0 Å². The van der Waals surface area contributed by atoms with Crippen molar-refractivity contribution in [2.75, 3.05) is 6.54 Å². The van der Waals surface area contributed by atoms with Gasteiger partial charge in [-0.25, -0.2) is 13.2 Å². The number of rotatable bonds is 5. The first kappa shape index (κ1) is 15.5. The van der Waals surface area contributed by atoms with Gasteiger partial charge in [0.1, 0.15) is 17.5 Å². The van der Waals surface area contributed by atoms with Crippen LogP contribution in [0.3, 0.4) is 0 Å². The van der Waals surface area contributed by atoms with Crippen LogP contribution in [-0.2, 0) is 0 Å². The number of benzene rings is 2. The van der Waals surface area contributed by atoms with Crippen LogP contribution in [0.2, 0.25) is 0 Å². The summed E-state index contributed by atoms with van der Waals surface area (Å²) >= 11 is 0. The zero-order valence-corrected chi connectivity index (χ0v) is 11.5. The van der Waals surface area contributed by atoms with E-state index >= 15 is 0 Å². The highest BCUT2D eigenvalue weighted by Crippen LogP contribution is 2.19. The fourth-order valence-corrected chi connectivity index (χ4v) is 2.04. The summed E-state index contributed by atoms with van der Waals surface area (Å²) in [5.41, 5.74) is 0.747. The predicted molar refractivity (Wildman–Crippen MR) is 74.1 cm³/mol. The van der Waals surface area contributed by atoms with Crippen LogP contribution in [0.15, 0.2) is 42.5 Å². The van der Waals surface area contributed by atoms with Crippen molar-refractivity contribution < 1.29 is 18.3 Å². The summed E-state index contributed by atoms with van der Waals surface area (Å²) in [4.78, 5) is 0. The van der Waals surface area contributed by atoms with Gasteiger partial charge in [0.05, 0.1) is 6.10 Å². The number of aliphatic hydroxyl groups excluding tert-OH is 1. The Kier molecular flexibility index (Phi) is 4.98. The largest absolute Gasteiger partial charge is 0.387 e. The molecule has 5 heteroatoms. The van der Waals surface area contributed by atoms with Gasteiger partial charge < -0.3 is 10.4 Å².